The lowest BCUT2D eigenvalue weighted by Crippen LogP contribution is -2.51. The summed E-state index contributed by atoms with van der Waals surface area (Å²) in [4.78, 5) is 25.6. The number of hydrogen-bond donors (Lipinski definition) is 1. The maximum absolute atomic E-state index is 13.1. The molecule has 2 aromatic rings. The van der Waals surface area contributed by atoms with Crippen molar-refractivity contribution < 1.29 is 18.8 Å². The van der Waals surface area contributed by atoms with Crippen LogP contribution in [0.2, 0.25) is 0 Å². The number of benzene rings is 1. The predicted octanol–water partition coefficient (Wildman–Crippen LogP) is 2.60. The van der Waals surface area contributed by atoms with Crippen LogP contribution in [0.4, 0.5) is 0 Å². The monoisotopic (exact) mass is 338 g/mol. The lowest BCUT2D eigenvalue weighted by molar-refractivity contribution is -0.124. The molecule has 25 heavy (non-hydrogen) atoms. The van der Waals surface area contributed by atoms with E-state index in [1.165, 1.54) is 6.08 Å². The molecule has 0 unspecified atom stereocenters. The zero-order chi connectivity index (χ0) is 17.6. The first-order valence-electron chi connectivity index (χ1n) is 8.21. The highest BCUT2D eigenvalue weighted by molar-refractivity contribution is 6.20. The highest BCUT2D eigenvalue weighted by atomic mass is 16.5. The fourth-order valence-electron chi connectivity index (χ4n) is 3.69. The fraction of sp³-hybridized carbons (Fsp3) is 0.316. The van der Waals surface area contributed by atoms with Crippen LogP contribution in [-0.4, -0.2) is 16.7 Å². The minimum Gasteiger partial charge on any atom is -0.470 e. The van der Waals surface area contributed by atoms with Crippen molar-refractivity contribution in [2.75, 3.05) is 0 Å². The van der Waals surface area contributed by atoms with Crippen molar-refractivity contribution in [1.29, 1.82) is 0 Å². The van der Waals surface area contributed by atoms with E-state index < -0.39 is 11.5 Å². The topological polar surface area (TPSA) is 95.4 Å². The highest BCUT2D eigenvalue weighted by Gasteiger charge is 2.57. The van der Waals surface area contributed by atoms with Gasteiger partial charge in [-0.2, -0.15) is 0 Å². The Bertz CT molecular complexity index is 871. The molecule has 0 spiro atoms. The van der Waals surface area contributed by atoms with Gasteiger partial charge in [0.05, 0.1) is 11.5 Å². The van der Waals surface area contributed by atoms with Crippen LogP contribution in [0.25, 0.3) is 0 Å². The first kappa shape index (κ1) is 15.8. The van der Waals surface area contributed by atoms with Crippen molar-refractivity contribution in [2.24, 2.45) is 17.1 Å². The van der Waals surface area contributed by atoms with Crippen LogP contribution in [0, 0.1) is 11.3 Å². The van der Waals surface area contributed by atoms with E-state index in [0.29, 0.717) is 12.2 Å². The van der Waals surface area contributed by atoms with Crippen LogP contribution in [0.1, 0.15) is 41.1 Å². The summed E-state index contributed by atoms with van der Waals surface area (Å²) < 4.78 is 11.0. The molecule has 3 atom stereocenters. The Labute approximate surface area is 144 Å². The summed E-state index contributed by atoms with van der Waals surface area (Å²) in [5.41, 5.74) is 6.24. The molecule has 1 aromatic carbocycles. The Kier molecular flexibility index (Phi) is 3.58. The molecule has 0 fully saturated rings. The second-order valence-electron chi connectivity index (χ2n) is 6.67. The summed E-state index contributed by atoms with van der Waals surface area (Å²) in [5.74, 6) is -0.488. The average Bonchev–Trinajstić information content (AvgIpc) is 3.05. The number of ketones is 2. The van der Waals surface area contributed by atoms with Crippen molar-refractivity contribution in [3.8, 4) is 5.88 Å². The predicted molar refractivity (Wildman–Crippen MR) is 88.9 cm³/mol. The Morgan fingerprint density at radius 1 is 1.32 bits per heavy atom. The molecule has 2 N–H and O–H groups in total. The third kappa shape index (κ3) is 2.25. The molecule has 4 rings (SSSR count). The number of hydrogen-bond acceptors (Lipinski definition) is 6. The first-order valence-corrected chi connectivity index (χ1v) is 8.21. The second-order valence-corrected chi connectivity index (χ2v) is 6.67. The van der Waals surface area contributed by atoms with E-state index in [4.69, 9.17) is 15.0 Å². The van der Waals surface area contributed by atoms with Crippen LogP contribution in [-0.2, 0) is 11.4 Å². The summed E-state index contributed by atoms with van der Waals surface area (Å²) in [6.07, 6.45) is 3.77. The minimum absolute atomic E-state index is 0.0985. The van der Waals surface area contributed by atoms with Gasteiger partial charge in [0.25, 0.3) is 5.88 Å². The number of nitrogens with zero attached hydrogens (tertiary/aromatic N) is 1. The molecule has 1 aromatic heterocycles. The Balaban J connectivity index is 1.70. The maximum Gasteiger partial charge on any atom is 0.265 e. The molecule has 6 heteroatoms. The van der Waals surface area contributed by atoms with Crippen LogP contribution >= 0.6 is 0 Å². The van der Waals surface area contributed by atoms with Crippen molar-refractivity contribution in [3.63, 3.8) is 0 Å². The standard InChI is InChI=1S/C19H18N2O4/c1-19-12(8-5-9-13(19)22)15(20)16-14(17(19)23)18(21-25-16)24-10-11-6-3-2-4-7-11/h2-7,9,12,15H,8,10,20H2,1H3/t12-,15+,19+/m0/s1. The highest BCUT2D eigenvalue weighted by Crippen LogP contribution is 2.51. The molecule has 1 heterocycles. The third-order valence-electron chi connectivity index (χ3n) is 5.25. The Morgan fingerprint density at radius 3 is 2.84 bits per heavy atom. The summed E-state index contributed by atoms with van der Waals surface area (Å²) in [6.45, 7) is 1.90. The quantitative estimate of drug-likeness (QED) is 0.864. The zero-order valence-corrected chi connectivity index (χ0v) is 13.8. The Hall–Kier alpha value is -2.73. The smallest absolute Gasteiger partial charge is 0.265 e. The second kappa shape index (κ2) is 5.67. The van der Waals surface area contributed by atoms with Crippen LogP contribution < -0.4 is 10.5 Å². The molecule has 2 aliphatic rings. The lowest BCUT2D eigenvalue weighted by Gasteiger charge is -2.41. The van der Waals surface area contributed by atoms with Crippen molar-refractivity contribution in [3.05, 3.63) is 59.4 Å². The number of fused-ring (bicyclic) bond motifs is 2. The van der Waals surface area contributed by atoms with Gasteiger partial charge in [-0.1, -0.05) is 36.4 Å². The normalized spacial score (nSPS) is 27.8. The number of ether oxygens (including phenoxy) is 1. The van der Waals surface area contributed by atoms with E-state index in [2.05, 4.69) is 5.16 Å². The lowest BCUT2D eigenvalue weighted by atomic mass is 9.59. The van der Waals surface area contributed by atoms with Gasteiger partial charge in [0.1, 0.15) is 12.2 Å². The molecule has 2 aliphatic carbocycles. The molecular formula is C19H18N2O4. The van der Waals surface area contributed by atoms with Gasteiger partial charge in [0.2, 0.25) is 0 Å². The van der Waals surface area contributed by atoms with Crippen molar-refractivity contribution in [2.45, 2.75) is 26.0 Å². The van der Waals surface area contributed by atoms with E-state index in [0.717, 1.165) is 5.56 Å². The molecule has 0 bridgehead atoms. The van der Waals surface area contributed by atoms with Gasteiger partial charge >= 0.3 is 0 Å². The molecule has 0 amide bonds. The first-order chi connectivity index (χ1) is 12.0. The molecule has 6 nitrogen and oxygen atoms in total. The van der Waals surface area contributed by atoms with Crippen LogP contribution in [0.3, 0.4) is 0 Å². The Morgan fingerprint density at radius 2 is 2.08 bits per heavy atom. The van der Waals surface area contributed by atoms with Crippen molar-refractivity contribution in [1.82, 2.24) is 5.16 Å². The minimum atomic E-state index is -1.20. The van der Waals surface area contributed by atoms with Gasteiger partial charge in [0, 0.05) is 5.92 Å². The number of Topliss-reactive ketones (excluding diaryl/α,β-unsaturated/α-hetero) is 1. The van der Waals surface area contributed by atoms with E-state index in [1.54, 1.807) is 13.0 Å². The SMILES string of the molecule is C[C@]12C(=O)C=CC[C@H]1[C@@H](N)c1onc(OCc3ccccc3)c1C2=O. The molecule has 128 valence electrons. The van der Waals surface area contributed by atoms with E-state index in [-0.39, 0.29) is 35.5 Å². The number of allylic oxidation sites excluding steroid dienone is 2. The summed E-state index contributed by atoms with van der Waals surface area (Å²) >= 11 is 0. The van der Waals surface area contributed by atoms with Gasteiger partial charge in [-0.25, -0.2) is 0 Å². The summed E-state index contributed by atoms with van der Waals surface area (Å²) in [7, 11) is 0. The van der Waals surface area contributed by atoms with E-state index in [1.807, 2.05) is 30.3 Å². The number of aromatic nitrogens is 1. The van der Waals surface area contributed by atoms with E-state index in [9.17, 15) is 9.59 Å². The largest absolute Gasteiger partial charge is 0.470 e. The summed E-state index contributed by atoms with van der Waals surface area (Å²) in [6, 6.07) is 8.95. The summed E-state index contributed by atoms with van der Waals surface area (Å²) in [5, 5.41) is 3.90. The zero-order valence-electron chi connectivity index (χ0n) is 13.8. The molecular weight excluding hydrogens is 320 g/mol. The van der Waals surface area contributed by atoms with Gasteiger partial charge in [-0.15, -0.1) is 0 Å². The fourth-order valence-corrected chi connectivity index (χ4v) is 3.69. The van der Waals surface area contributed by atoms with Gasteiger partial charge in [-0.3, -0.25) is 9.59 Å². The number of nitrogens with two attached hydrogens (primary N) is 1. The van der Waals surface area contributed by atoms with Gasteiger partial charge in [0.15, 0.2) is 17.3 Å². The molecule has 0 saturated heterocycles. The molecule has 0 radical (unpaired) electrons. The number of carbonyl (C=O) groups is 2. The number of rotatable bonds is 3. The third-order valence-corrected chi connectivity index (χ3v) is 5.25. The van der Waals surface area contributed by atoms with Crippen LogP contribution in [0.15, 0.2) is 47.0 Å². The van der Waals surface area contributed by atoms with Gasteiger partial charge in [-0.05, 0) is 30.1 Å². The van der Waals surface area contributed by atoms with Crippen molar-refractivity contribution >= 4 is 11.6 Å². The van der Waals surface area contributed by atoms with E-state index >= 15 is 0 Å². The molecule has 0 aliphatic heterocycles. The number of carbonyl (C=O) groups excluding carboxylic acids is 2. The molecule has 0 saturated carbocycles. The average molecular weight is 338 g/mol. The van der Waals surface area contributed by atoms with Crippen LogP contribution in [0.5, 0.6) is 5.88 Å². The maximum atomic E-state index is 13.1. The van der Waals surface area contributed by atoms with Gasteiger partial charge < -0.3 is 15.0 Å².